The van der Waals surface area contributed by atoms with Crippen molar-refractivity contribution in [3.63, 3.8) is 0 Å². The number of hydrogen-bond acceptors (Lipinski definition) is 6. The van der Waals surface area contributed by atoms with Gasteiger partial charge in [-0.1, -0.05) is 41.6 Å². The normalized spacial score (nSPS) is 11.2. The molecule has 2 heterocycles. The van der Waals surface area contributed by atoms with E-state index in [4.69, 9.17) is 4.52 Å². The van der Waals surface area contributed by atoms with Gasteiger partial charge in [0.1, 0.15) is 0 Å². The van der Waals surface area contributed by atoms with Crippen molar-refractivity contribution >= 4 is 11.3 Å². The molecule has 0 radical (unpaired) electrons. The molecule has 3 rings (SSSR count). The molecular formula is C16H17N3O2S. The van der Waals surface area contributed by atoms with Crippen LogP contribution >= 0.6 is 11.3 Å². The zero-order valence-corrected chi connectivity index (χ0v) is 12.9. The molecule has 5 nitrogen and oxygen atoms in total. The summed E-state index contributed by atoms with van der Waals surface area (Å²) >= 11 is 1.58. The maximum Gasteiger partial charge on any atom is 0.241 e. The summed E-state index contributed by atoms with van der Waals surface area (Å²) < 4.78 is 5.33. The molecular weight excluding hydrogens is 298 g/mol. The van der Waals surface area contributed by atoms with Gasteiger partial charge in [0, 0.05) is 13.1 Å². The van der Waals surface area contributed by atoms with Gasteiger partial charge in [0.15, 0.2) is 0 Å². The van der Waals surface area contributed by atoms with Crippen LogP contribution in [0.2, 0.25) is 0 Å². The molecule has 0 aliphatic rings. The Morgan fingerprint density at radius 2 is 1.95 bits per heavy atom. The fourth-order valence-electron chi connectivity index (χ4n) is 2.21. The second-order valence-electron chi connectivity index (χ2n) is 4.91. The Balaban J connectivity index is 1.68. The molecule has 0 unspecified atom stereocenters. The van der Waals surface area contributed by atoms with Crippen molar-refractivity contribution in [3.05, 3.63) is 59.3 Å². The zero-order chi connectivity index (χ0) is 15.2. The molecule has 0 fully saturated rings. The minimum Gasteiger partial charge on any atom is -0.395 e. The summed E-state index contributed by atoms with van der Waals surface area (Å²) in [6.07, 6.45) is 0. The van der Waals surface area contributed by atoms with Gasteiger partial charge in [0.2, 0.25) is 11.7 Å². The van der Waals surface area contributed by atoms with Crippen molar-refractivity contribution < 1.29 is 9.63 Å². The average Bonchev–Trinajstić information content (AvgIpc) is 3.19. The lowest BCUT2D eigenvalue weighted by Crippen LogP contribution is -2.26. The van der Waals surface area contributed by atoms with Gasteiger partial charge in [-0.3, -0.25) is 4.90 Å². The Hall–Kier alpha value is -2.02. The van der Waals surface area contributed by atoms with Crippen molar-refractivity contribution in [2.75, 3.05) is 13.2 Å². The predicted molar refractivity (Wildman–Crippen MR) is 85.3 cm³/mol. The van der Waals surface area contributed by atoms with E-state index in [-0.39, 0.29) is 6.61 Å². The molecule has 0 saturated heterocycles. The molecule has 22 heavy (non-hydrogen) atoms. The highest BCUT2D eigenvalue weighted by molar-refractivity contribution is 7.13. The number of aliphatic hydroxyl groups excluding tert-OH is 1. The Bertz CT molecular complexity index is 683. The zero-order valence-electron chi connectivity index (χ0n) is 12.1. The quantitative estimate of drug-likeness (QED) is 0.726. The van der Waals surface area contributed by atoms with Crippen LogP contribution in [0.1, 0.15) is 11.5 Å². The van der Waals surface area contributed by atoms with Crippen molar-refractivity contribution in [3.8, 4) is 10.7 Å². The Kier molecular flexibility index (Phi) is 4.95. The first-order chi connectivity index (χ1) is 10.8. The Morgan fingerprint density at radius 3 is 2.68 bits per heavy atom. The van der Waals surface area contributed by atoms with Gasteiger partial charge in [-0.2, -0.15) is 4.98 Å². The van der Waals surface area contributed by atoms with Crippen molar-refractivity contribution in [2.24, 2.45) is 0 Å². The van der Waals surface area contributed by atoms with Gasteiger partial charge in [-0.05, 0) is 17.0 Å². The fraction of sp³-hybridized carbons (Fsp3) is 0.250. The number of rotatable bonds is 7. The second kappa shape index (κ2) is 7.31. The lowest BCUT2D eigenvalue weighted by atomic mass is 10.2. The Morgan fingerprint density at radius 1 is 1.09 bits per heavy atom. The van der Waals surface area contributed by atoms with Crippen LogP contribution in [-0.4, -0.2) is 33.3 Å². The van der Waals surface area contributed by atoms with Gasteiger partial charge in [0.25, 0.3) is 0 Å². The minimum absolute atomic E-state index is 0.0960. The summed E-state index contributed by atoms with van der Waals surface area (Å²) in [7, 11) is 0. The van der Waals surface area contributed by atoms with E-state index in [0.717, 1.165) is 11.4 Å². The molecule has 114 valence electrons. The van der Waals surface area contributed by atoms with Gasteiger partial charge in [-0.25, -0.2) is 0 Å². The maximum absolute atomic E-state index is 9.24. The van der Waals surface area contributed by atoms with Crippen LogP contribution in [0.5, 0.6) is 0 Å². The summed E-state index contributed by atoms with van der Waals surface area (Å²) in [4.78, 5) is 7.50. The number of aromatic nitrogens is 2. The van der Waals surface area contributed by atoms with E-state index in [2.05, 4.69) is 27.2 Å². The van der Waals surface area contributed by atoms with E-state index < -0.39 is 0 Å². The van der Waals surface area contributed by atoms with Gasteiger partial charge in [-0.15, -0.1) is 11.3 Å². The summed E-state index contributed by atoms with van der Waals surface area (Å²) in [5, 5.41) is 15.2. The second-order valence-corrected chi connectivity index (χ2v) is 5.86. The number of benzene rings is 1. The molecule has 0 atom stereocenters. The predicted octanol–water partition coefficient (Wildman–Crippen LogP) is 2.79. The van der Waals surface area contributed by atoms with Crippen molar-refractivity contribution in [2.45, 2.75) is 13.1 Å². The molecule has 3 aromatic rings. The van der Waals surface area contributed by atoms with Crippen molar-refractivity contribution in [1.29, 1.82) is 0 Å². The van der Waals surface area contributed by atoms with Gasteiger partial charge < -0.3 is 9.63 Å². The molecule has 1 N–H and O–H groups in total. The van der Waals surface area contributed by atoms with Crippen LogP contribution in [0.3, 0.4) is 0 Å². The van der Waals surface area contributed by atoms with E-state index in [1.165, 1.54) is 5.56 Å². The topological polar surface area (TPSA) is 62.4 Å². The SMILES string of the molecule is OCCN(Cc1ccccc1)Cc1nc(-c2cccs2)no1. The number of hydrogen-bond donors (Lipinski definition) is 1. The summed E-state index contributed by atoms with van der Waals surface area (Å²) in [5.41, 5.74) is 1.19. The first kappa shape index (κ1) is 14.9. The standard InChI is InChI=1S/C16H17N3O2S/c20-9-8-19(11-13-5-2-1-3-6-13)12-15-17-16(18-21-15)14-7-4-10-22-14/h1-7,10,20H,8-9,11-12H2. The van der Waals surface area contributed by atoms with Crippen LogP contribution in [0.25, 0.3) is 10.7 Å². The number of thiophene rings is 1. The molecule has 2 aromatic heterocycles. The van der Waals surface area contributed by atoms with Gasteiger partial charge in [0.05, 0.1) is 18.0 Å². The smallest absolute Gasteiger partial charge is 0.241 e. The highest BCUT2D eigenvalue weighted by atomic mass is 32.1. The molecule has 0 spiro atoms. The molecule has 1 aromatic carbocycles. The van der Waals surface area contributed by atoms with Crippen molar-refractivity contribution in [1.82, 2.24) is 15.0 Å². The van der Waals surface area contributed by atoms with Crippen LogP contribution in [0.15, 0.2) is 52.4 Å². The number of nitrogens with zero attached hydrogens (tertiary/aromatic N) is 3. The van der Waals surface area contributed by atoms with E-state index in [9.17, 15) is 5.11 Å². The average molecular weight is 315 g/mol. The minimum atomic E-state index is 0.0960. The molecule has 0 aliphatic heterocycles. The summed E-state index contributed by atoms with van der Waals surface area (Å²) in [6.45, 7) is 1.91. The van der Waals surface area contributed by atoms with Gasteiger partial charge >= 0.3 is 0 Å². The maximum atomic E-state index is 9.24. The molecule has 6 heteroatoms. The third-order valence-electron chi connectivity index (χ3n) is 3.23. The Labute approximate surface area is 132 Å². The highest BCUT2D eigenvalue weighted by Gasteiger charge is 2.13. The molecule has 0 amide bonds. The first-order valence-electron chi connectivity index (χ1n) is 7.09. The summed E-state index contributed by atoms with van der Waals surface area (Å²) in [6, 6.07) is 14.1. The third kappa shape index (κ3) is 3.79. The lowest BCUT2D eigenvalue weighted by molar-refractivity contribution is 0.167. The van der Waals surface area contributed by atoms with Crippen LogP contribution < -0.4 is 0 Å². The van der Waals surface area contributed by atoms with E-state index in [0.29, 0.717) is 24.8 Å². The monoisotopic (exact) mass is 315 g/mol. The number of aliphatic hydroxyl groups is 1. The van der Waals surface area contributed by atoms with E-state index in [1.54, 1.807) is 11.3 Å². The van der Waals surface area contributed by atoms with Crippen LogP contribution in [0.4, 0.5) is 0 Å². The first-order valence-corrected chi connectivity index (χ1v) is 7.97. The van der Waals surface area contributed by atoms with Crippen LogP contribution in [0, 0.1) is 0 Å². The fourth-order valence-corrected chi connectivity index (χ4v) is 2.86. The lowest BCUT2D eigenvalue weighted by Gasteiger charge is -2.19. The summed E-state index contributed by atoms with van der Waals surface area (Å²) in [5.74, 6) is 1.18. The largest absolute Gasteiger partial charge is 0.395 e. The highest BCUT2D eigenvalue weighted by Crippen LogP contribution is 2.21. The molecule has 0 saturated carbocycles. The third-order valence-corrected chi connectivity index (χ3v) is 4.10. The molecule has 0 bridgehead atoms. The van der Waals surface area contributed by atoms with E-state index >= 15 is 0 Å². The van der Waals surface area contributed by atoms with Crippen LogP contribution in [-0.2, 0) is 13.1 Å². The van der Waals surface area contributed by atoms with E-state index in [1.807, 2.05) is 35.7 Å². The molecule has 0 aliphatic carbocycles.